The molecule has 0 spiro atoms. The number of alkyl halides is 1. The first-order valence-corrected chi connectivity index (χ1v) is 5.33. The van der Waals surface area contributed by atoms with Crippen molar-refractivity contribution in [3.63, 3.8) is 0 Å². The molecule has 0 aliphatic carbocycles. The average Bonchev–Trinajstić information content (AvgIpc) is 2.74. The van der Waals surface area contributed by atoms with E-state index in [2.05, 4.69) is 4.98 Å². The summed E-state index contributed by atoms with van der Waals surface area (Å²) in [6.07, 6.45) is 1.26. The first-order valence-electron chi connectivity index (χ1n) is 5.33. The summed E-state index contributed by atoms with van der Waals surface area (Å²) in [5, 5.41) is 0. The largest absolute Gasteiger partial charge is 0.372 e. The summed E-state index contributed by atoms with van der Waals surface area (Å²) in [6, 6.07) is 1.75. The van der Waals surface area contributed by atoms with Crippen molar-refractivity contribution in [3.05, 3.63) is 23.5 Å². The molecule has 2 rings (SSSR count). The second kappa shape index (κ2) is 4.65. The molecule has 1 amide bonds. The van der Waals surface area contributed by atoms with Crippen LogP contribution in [0.2, 0.25) is 0 Å². The number of halogens is 1. The lowest BCUT2D eigenvalue weighted by molar-refractivity contribution is -0.0310. The minimum absolute atomic E-state index is 0.0551. The number of nitrogens with zero attached hydrogens (tertiary/aromatic N) is 1. The topological polar surface area (TPSA) is 45.3 Å². The predicted octanol–water partition coefficient (Wildman–Crippen LogP) is 1.13. The molecule has 1 N–H and O–H groups in total. The van der Waals surface area contributed by atoms with E-state index in [1.807, 2.05) is 6.92 Å². The fraction of sp³-hybridized carbons (Fsp3) is 0.545. The van der Waals surface area contributed by atoms with Gasteiger partial charge < -0.3 is 14.6 Å². The van der Waals surface area contributed by atoms with Crippen molar-refractivity contribution >= 4 is 5.91 Å². The van der Waals surface area contributed by atoms with Gasteiger partial charge in [-0.15, -0.1) is 0 Å². The Kier molecular flexibility index (Phi) is 3.24. The van der Waals surface area contributed by atoms with Crippen molar-refractivity contribution in [1.29, 1.82) is 0 Å². The summed E-state index contributed by atoms with van der Waals surface area (Å²) >= 11 is 0. The van der Waals surface area contributed by atoms with E-state index in [0.717, 1.165) is 5.69 Å². The second-order valence-electron chi connectivity index (χ2n) is 3.91. The number of amides is 1. The highest BCUT2D eigenvalue weighted by molar-refractivity contribution is 5.95. The zero-order chi connectivity index (χ0) is 11.5. The van der Waals surface area contributed by atoms with E-state index < -0.39 is 12.8 Å². The molecule has 1 aromatic rings. The van der Waals surface area contributed by atoms with Crippen LogP contribution in [-0.4, -0.2) is 48.3 Å². The van der Waals surface area contributed by atoms with Crippen LogP contribution in [0.25, 0.3) is 0 Å². The van der Waals surface area contributed by atoms with Crippen molar-refractivity contribution in [2.24, 2.45) is 0 Å². The third-order valence-electron chi connectivity index (χ3n) is 2.78. The van der Waals surface area contributed by atoms with Gasteiger partial charge in [0.1, 0.15) is 12.8 Å². The Morgan fingerprint density at radius 2 is 2.56 bits per heavy atom. The number of H-pyrrole nitrogens is 1. The fourth-order valence-corrected chi connectivity index (χ4v) is 1.85. The van der Waals surface area contributed by atoms with Crippen LogP contribution in [0.5, 0.6) is 0 Å². The summed E-state index contributed by atoms with van der Waals surface area (Å²) < 4.78 is 17.6. The number of aromatic amines is 1. The molecule has 1 aliphatic heterocycles. The van der Waals surface area contributed by atoms with Crippen molar-refractivity contribution in [1.82, 2.24) is 9.88 Å². The summed E-state index contributed by atoms with van der Waals surface area (Å²) in [4.78, 5) is 16.7. The lowest BCUT2D eigenvalue weighted by Crippen LogP contribution is -2.46. The van der Waals surface area contributed by atoms with Gasteiger partial charge in [0.2, 0.25) is 0 Å². The van der Waals surface area contributed by atoms with E-state index in [4.69, 9.17) is 4.74 Å². The molecule has 1 aliphatic rings. The zero-order valence-corrected chi connectivity index (χ0v) is 9.20. The number of carbonyl (C=O) groups is 1. The summed E-state index contributed by atoms with van der Waals surface area (Å²) in [7, 11) is 0. The summed E-state index contributed by atoms with van der Waals surface area (Å²) in [5.74, 6) is -0.0551. The molecule has 88 valence electrons. The maximum Gasteiger partial charge on any atom is 0.255 e. The van der Waals surface area contributed by atoms with Crippen molar-refractivity contribution < 1.29 is 13.9 Å². The van der Waals surface area contributed by atoms with Crippen LogP contribution in [0, 0.1) is 6.92 Å². The van der Waals surface area contributed by atoms with E-state index in [-0.39, 0.29) is 5.91 Å². The van der Waals surface area contributed by atoms with Crippen LogP contribution < -0.4 is 0 Å². The monoisotopic (exact) mass is 226 g/mol. The van der Waals surface area contributed by atoms with E-state index in [1.54, 1.807) is 17.2 Å². The average molecular weight is 226 g/mol. The molecule has 1 saturated heterocycles. The van der Waals surface area contributed by atoms with Gasteiger partial charge in [0.25, 0.3) is 5.91 Å². The normalized spacial score (nSPS) is 21.1. The molecule has 5 heteroatoms. The van der Waals surface area contributed by atoms with Crippen molar-refractivity contribution in [2.75, 3.05) is 26.4 Å². The van der Waals surface area contributed by atoms with E-state index >= 15 is 0 Å². The molecular formula is C11H15FN2O2. The van der Waals surface area contributed by atoms with Gasteiger partial charge in [-0.25, -0.2) is 4.39 Å². The third-order valence-corrected chi connectivity index (χ3v) is 2.78. The third kappa shape index (κ3) is 2.09. The van der Waals surface area contributed by atoms with Gasteiger partial charge in [-0.1, -0.05) is 0 Å². The molecule has 16 heavy (non-hydrogen) atoms. The van der Waals surface area contributed by atoms with Crippen molar-refractivity contribution in [2.45, 2.75) is 13.0 Å². The van der Waals surface area contributed by atoms with Gasteiger partial charge in [-0.05, 0) is 13.0 Å². The number of hydrogen-bond acceptors (Lipinski definition) is 2. The maximum atomic E-state index is 12.5. The molecule has 0 aromatic carbocycles. The molecule has 4 nitrogen and oxygen atoms in total. The van der Waals surface area contributed by atoms with Crippen LogP contribution in [-0.2, 0) is 4.74 Å². The zero-order valence-electron chi connectivity index (χ0n) is 9.20. The second-order valence-corrected chi connectivity index (χ2v) is 3.91. The molecule has 0 bridgehead atoms. The highest BCUT2D eigenvalue weighted by Gasteiger charge is 2.25. The molecule has 0 saturated carbocycles. The van der Waals surface area contributed by atoms with Gasteiger partial charge in [0.05, 0.1) is 12.2 Å². The number of nitrogens with one attached hydrogen (secondary N) is 1. The maximum absolute atomic E-state index is 12.5. The van der Waals surface area contributed by atoms with E-state index in [0.29, 0.717) is 25.3 Å². The van der Waals surface area contributed by atoms with E-state index in [1.165, 1.54) is 0 Å². The minimum Gasteiger partial charge on any atom is -0.372 e. The first-order chi connectivity index (χ1) is 7.72. The fourth-order valence-electron chi connectivity index (χ4n) is 1.85. The van der Waals surface area contributed by atoms with Gasteiger partial charge in [0, 0.05) is 25.0 Å². The number of carbonyl (C=O) groups excluding carboxylic acids is 1. The number of ether oxygens (including phenoxy) is 1. The SMILES string of the molecule is Cc1[nH]ccc1C(=O)N1CCOC(CF)C1. The Labute approximate surface area is 93.4 Å². The van der Waals surface area contributed by atoms with Crippen LogP contribution in [0.15, 0.2) is 12.3 Å². The van der Waals surface area contributed by atoms with Gasteiger partial charge in [-0.2, -0.15) is 0 Å². The van der Waals surface area contributed by atoms with Crippen LogP contribution in [0.1, 0.15) is 16.1 Å². The van der Waals surface area contributed by atoms with Crippen molar-refractivity contribution in [3.8, 4) is 0 Å². The smallest absolute Gasteiger partial charge is 0.255 e. The molecule has 1 unspecified atom stereocenters. The lowest BCUT2D eigenvalue weighted by atomic mass is 10.2. The Morgan fingerprint density at radius 1 is 1.75 bits per heavy atom. The first kappa shape index (κ1) is 11.1. The highest BCUT2D eigenvalue weighted by Crippen LogP contribution is 2.13. The number of aryl methyl sites for hydroxylation is 1. The van der Waals surface area contributed by atoms with Crippen LogP contribution in [0.4, 0.5) is 4.39 Å². The Balaban J connectivity index is 2.07. The molecule has 1 fully saturated rings. The molecule has 1 aromatic heterocycles. The van der Waals surface area contributed by atoms with Gasteiger partial charge in [-0.3, -0.25) is 4.79 Å². The van der Waals surface area contributed by atoms with Crippen LogP contribution in [0.3, 0.4) is 0 Å². The number of rotatable bonds is 2. The van der Waals surface area contributed by atoms with Crippen LogP contribution >= 0.6 is 0 Å². The minimum atomic E-state index is -0.546. The molecular weight excluding hydrogens is 211 g/mol. The molecule has 2 heterocycles. The Bertz CT molecular complexity index is 378. The molecule has 1 atom stereocenters. The lowest BCUT2D eigenvalue weighted by Gasteiger charge is -2.31. The number of aromatic nitrogens is 1. The summed E-state index contributed by atoms with van der Waals surface area (Å²) in [5.41, 5.74) is 1.49. The molecule has 0 radical (unpaired) electrons. The number of morpholine rings is 1. The Hall–Kier alpha value is -1.36. The number of hydrogen-bond donors (Lipinski definition) is 1. The highest BCUT2D eigenvalue weighted by atomic mass is 19.1. The van der Waals surface area contributed by atoms with E-state index in [9.17, 15) is 9.18 Å². The summed E-state index contributed by atoms with van der Waals surface area (Å²) in [6.45, 7) is 2.57. The Morgan fingerprint density at radius 3 is 3.19 bits per heavy atom. The van der Waals surface area contributed by atoms with Gasteiger partial charge in [0.15, 0.2) is 0 Å². The predicted molar refractivity (Wildman–Crippen MR) is 57.1 cm³/mol. The quantitative estimate of drug-likeness (QED) is 0.821. The van der Waals surface area contributed by atoms with Gasteiger partial charge >= 0.3 is 0 Å². The standard InChI is InChI=1S/C11H15FN2O2/c1-8-10(2-3-13-8)11(15)14-4-5-16-9(6-12)7-14/h2-3,9,13H,4-7H2,1H3.